The van der Waals surface area contributed by atoms with Crippen LogP contribution in [0.3, 0.4) is 0 Å². The van der Waals surface area contributed by atoms with Crippen LogP contribution in [-0.4, -0.2) is 41.3 Å². The van der Waals surface area contributed by atoms with Crippen LogP contribution in [0.5, 0.6) is 11.5 Å². The van der Waals surface area contributed by atoms with E-state index in [1.807, 2.05) is 24.3 Å². The van der Waals surface area contributed by atoms with Crippen LogP contribution in [0.1, 0.15) is 38.1 Å². The first-order chi connectivity index (χ1) is 13.8. The molecule has 1 aromatic heterocycles. The fourth-order valence-electron chi connectivity index (χ4n) is 4.10. The molecule has 148 valence electrons. The van der Waals surface area contributed by atoms with Gasteiger partial charge >= 0.3 is 0 Å². The molecule has 0 unspecified atom stereocenters. The number of piperidine rings is 1. The first-order valence-corrected chi connectivity index (χ1v) is 10.2. The highest BCUT2D eigenvalue weighted by Gasteiger charge is 2.23. The molecule has 5 nitrogen and oxygen atoms in total. The number of imidazole rings is 1. The van der Waals surface area contributed by atoms with Crippen molar-refractivity contribution in [2.45, 2.75) is 38.8 Å². The van der Waals surface area contributed by atoms with Crippen molar-refractivity contribution in [3.8, 4) is 11.5 Å². The van der Waals surface area contributed by atoms with Crippen molar-refractivity contribution in [1.82, 2.24) is 14.5 Å². The van der Waals surface area contributed by atoms with Crippen LogP contribution in [0.2, 0.25) is 0 Å². The molecule has 1 saturated heterocycles. The fraction of sp³-hybridized carbons (Fsp3) is 0.435. The van der Waals surface area contributed by atoms with E-state index in [9.17, 15) is 0 Å². The summed E-state index contributed by atoms with van der Waals surface area (Å²) in [7, 11) is 1.67. The number of rotatable bonds is 7. The van der Waals surface area contributed by atoms with Gasteiger partial charge in [0.15, 0.2) is 11.5 Å². The summed E-state index contributed by atoms with van der Waals surface area (Å²) in [6.45, 7) is 5.92. The molecule has 0 saturated carbocycles. The van der Waals surface area contributed by atoms with E-state index in [4.69, 9.17) is 14.5 Å². The summed E-state index contributed by atoms with van der Waals surface area (Å²) >= 11 is 0. The summed E-state index contributed by atoms with van der Waals surface area (Å²) in [4.78, 5) is 7.55. The average Bonchev–Trinajstić information content (AvgIpc) is 3.13. The summed E-state index contributed by atoms with van der Waals surface area (Å²) in [6, 6.07) is 16.5. The summed E-state index contributed by atoms with van der Waals surface area (Å²) in [5.41, 5.74) is 2.23. The van der Waals surface area contributed by atoms with Crippen LogP contribution in [-0.2, 0) is 6.54 Å². The van der Waals surface area contributed by atoms with Gasteiger partial charge in [0.2, 0.25) is 0 Å². The van der Waals surface area contributed by atoms with Crippen molar-refractivity contribution >= 4 is 11.0 Å². The van der Waals surface area contributed by atoms with Crippen molar-refractivity contribution < 1.29 is 9.47 Å². The van der Waals surface area contributed by atoms with E-state index in [0.717, 1.165) is 42.5 Å². The average molecular weight is 380 g/mol. The third-order valence-corrected chi connectivity index (χ3v) is 5.64. The molecule has 28 heavy (non-hydrogen) atoms. The number of likely N-dealkylation sites (tertiary alicyclic amines) is 1. The van der Waals surface area contributed by atoms with Crippen molar-refractivity contribution in [1.29, 1.82) is 0 Å². The molecule has 2 heterocycles. The van der Waals surface area contributed by atoms with Gasteiger partial charge in [0.05, 0.1) is 30.7 Å². The number of nitrogens with zero attached hydrogens (tertiary/aromatic N) is 3. The van der Waals surface area contributed by atoms with Gasteiger partial charge in [0, 0.05) is 0 Å². The van der Waals surface area contributed by atoms with Crippen LogP contribution in [0.15, 0.2) is 48.5 Å². The highest BCUT2D eigenvalue weighted by Crippen LogP contribution is 2.28. The minimum absolute atomic E-state index is 0.305. The van der Waals surface area contributed by atoms with E-state index in [-0.39, 0.29) is 0 Å². The van der Waals surface area contributed by atoms with E-state index in [1.165, 1.54) is 24.8 Å². The lowest BCUT2D eigenvalue weighted by molar-refractivity contribution is 0.164. The fourth-order valence-corrected chi connectivity index (χ4v) is 4.10. The lowest BCUT2D eigenvalue weighted by atomic mass is 10.1. The van der Waals surface area contributed by atoms with Gasteiger partial charge in [0.25, 0.3) is 0 Å². The molecule has 0 N–H and O–H groups in total. The second-order valence-electron chi connectivity index (χ2n) is 7.38. The number of hydrogen-bond acceptors (Lipinski definition) is 4. The highest BCUT2D eigenvalue weighted by molar-refractivity contribution is 5.76. The van der Waals surface area contributed by atoms with Crippen molar-refractivity contribution in [3.63, 3.8) is 0 Å². The summed E-state index contributed by atoms with van der Waals surface area (Å²) in [6.07, 6.45) is 3.90. The third kappa shape index (κ3) is 3.85. The maximum Gasteiger partial charge on any atom is 0.161 e. The van der Waals surface area contributed by atoms with E-state index in [0.29, 0.717) is 12.6 Å². The molecule has 1 aliphatic rings. The standard InChI is InChI=1S/C23H29N3O2/c1-18(25-14-8-3-9-15-25)23-24-19-10-4-5-11-20(19)26(23)16-17-28-22-13-7-6-12-21(22)27-2/h4-7,10-13,18H,3,8-9,14-17H2,1-2H3/t18-/m1/s1. The molecular formula is C23H29N3O2. The summed E-state index contributed by atoms with van der Waals surface area (Å²) in [5, 5.41) is 0. The largest absolute Gasteiger partial charge is 0.493 e. The zero-order valence-corrected chi connectivity index (χ0v) is 16.8. The van der Waals surface area contributed by atoms with Crippen LogP contribution >= 0.6 is 0 Å². The van der Waals surface area contributed by atoms with Gasteiger partial charge in [-0.15, -0.1) is 0 Å². The number of benzene rings is 2. The molecular weight excluding hydrogens is 350 g/mol. The third-order valence-electron chi connectivity index (χ3n) is 5.64. The molecule has 0 aliphatic carbocycles. The molecule has 0 radical (unpaired) electrons. The number of hydrogen-bond donors (Lipinski definition) is 0. The van der Waals surface area contributed by atoms with Crippen LogP contribution < -0.4 is 9.47 Å². The highest BCUT2D eigenvalue weighted by atomic mass is 16.5. The Kier molecular flexibility index (Phi) is 5.81. The van der Waals surface area contributed by atoms with Gasteiger partial charge in [-0.2, -0.15) is 0 Å². The Labute approximate surface area is 166 Å². The van der Waals surface area contributed by atoms with Gasteiger partial charge in [-0.05, 0) is 57.1 Å². The Morgan fingerprint density at radius 3 is 2.46 bits per heavy atom. The normalized spacial score (nSPS) is 16.2. The van der Waals surface area contributed by atoms with Gasteiger partial charge in [0.1, 0.15) is 12.4 Å². The topological polar surface area (TPSA) is 39.5 Å². The van der Waals surface area contributed by atoms with Crippen LogP contribution in [0.25, 0.3) is 11.0 Å². The quantitative estimate of drug-likeness (QED) is 0.598. The first kappa shape index (κ1) is 18.8. The molecule has 0 spiro atoms. The summed E-state index contributed by atoms with van der Waals surface area (Å²) < 4.78 is 13.8. The van der Waals surface area contributed by atoms with E-state index >= 15 is 0 Å². The molecule has 5 heteroatoms. The van der Waals surface area contributed by atoms with Gasteiger partial charge in [-0.1, -0.05) is 30.7 Å². The maximum atomic E-state index is 6.04. The number of aromatic nitrogens is 2. The molecule has 1 fully saturated rings. The second-order valence-corrected chi connectivity index (χ2v) is 7.38. The smallest absolute Gasteiger partial charge is 0.161 e. The second kappa shape index (κ2) is 8.65. The molecule has 4 rings (SSSR count). The van der Waals surface area contributed by atoms with Gasteiger partial charge in [-0.25, -0.2) is 4.98 Å². The number of fused-ring (bicyclic) bond motifs is 1. The Balaban J connectivity index is 1.56. The number of para-hydroxylation sites is 4. The zero-order valence-electron chi connectivity index (χ0n) is 16.8. The Bertz CT molecular complexity index is 915. The Morgan fingerprint density at radius 1 is 0.964 bits per heavy atom. The minimum atomic E-state index is 0.305. The first-order valence-electron chi connectivity index (χ1n) is 10.2. The zero-order chi connectivity index (χ0) is 19.3. The Hall–Kier alpha value is -2.53. The maximum absolute atomic E-state index is 6.04. The van der Waals surface area contributed by atoms with Crippen molar-refractivity contribution in [2.24, 2.45) is 0 Å². The molecule has 1 aliphatic heterocycles. The predicted octanol–water partition coefficient (Wildman–Crippen LogP) is 4.67. The van der Waals surface area contributed by atoms with E-state index in [1.54, 1.807) is 7.11 Å². The summed E-state index contributed by atoms with van der Waals surface area (Å²) in [5.74, 6) is 2.67. The van der Waals surface area contributed by atoms with Crippen LogP contribution in [0.4, 0.5) is 0 Å². The molecule has 0 bridgehead atoms. The minimum Gasteiger partial charge on any atom is -0.493 e. The molecule has 1 atom stereocenters. The Morgan fingerprint density at radius 2 is 1.68 bits per heavy atom. The number of ether oxygens (including phenoxy) is 2. The van der Waals surface area contributed by atoms with E-state index in [2.05, 4.69) is 40.7 Å². The lowest BCUT2D eigenvalue weighted by Gasteiger charge is -2.32. The monoisotopic (exact) mass is 379 g/mol. The lowest BCUT2D eigenvalue weighted by Crippen LogP contribution is -2.34. The van der Waals surface area contributed by atoms with E-state index < -0.39 is 0 Å². The number of methoxy groups -OCH3 is 1. The van der Waals surface area contributed by atoms with Gasteiger partial charge in [-0.3, -0.25) is 4.90 Å². The predicted molar refractivity (Wildman–Crippen MR) is 112 cm³/mol. The van der Waals surface area contributed by atoms with Crippen LogP contribution in [0, 0.1) is 0 Å². The molecule has 0 amide bonds. The molecule has 2 aromatic carbocycles. The molecule has 3 aromatic rings. The van der Waals surface area contributed by atoms with Crippen molar-refractivity contribution in [3.05, 3.63) is 54.4 Å². The van der Waals surface area contributed by atoms with Crippen molar-refractivity contribution in [2.75, 3.05) is 26.8 Å². The SMILES string of the molecule is COc1ccccc1OCCn1c([C@@H](C)N2CCCCC2)nc2ccccc21. The van der Waals surface area contributed by atoms with Gasteiger partial charge < -0.3 is 14.0 Å².